The first-order valence-corrected chi connectivity index (χ1v) is 8.76. The van der Waals surface area contributed by atoms with Crippen LogP contribution in [0, 0.1) is 19.8 Å². The third-order valence-electron chi connectivity index (χ3n) is 4.61. The van der Waals surface area contributed by atoms with Crippen LogP contribution in [-0.2, 0) is 25.7 Å². The van der Waals surface area contributed by atoms with Crippen LogP contribution in [0.15, 0.2) is 41.0 Å². The molecular weight excluding hydrogens is 348 g/mol. The number of anilines is 1. The Morgan fingerprint density at radius 3 is 2.78 bits per heavy atom. The van der Waals surface area contributed by atoms with E-state index in [-0.39, 0.29) is 25.5 Å². The van der Waals surface area contributed by atoms with Gasteiger partial charge in [0.1, 0.15) is 5.76 Å². The Kier molecular flexibility index (Phi) is 5.59. The maximum atomic E-state index is 12.2. The first-order chi connectivity index (χ1) is 12.9. The van der Waals surface area contributed by atoms with Crippen LogP contribution in [0.3, 0.4) is 0 Å². The number of aryl methyl sites for hydroxylation is 2. The molecular formula is C20H22N2O5. The molecule has 0 aliphatic carbocycles. The SMILES string of the molecule is Cc1ccc(NC(=O)COC(=O)[C@@H]2CC(=O)N(Cc3ccco3)C2)cc1C. The van der Waals surface area contributed by atoms with Gasteiger partial charge in [0.2, 0.25) is 5.91 Å². The van der Waals surface area contributed by atoms with E-state index in [4.69, 9.17) is 9.15 Å². The zero-order valence-electron chi connectivity index (χ0n) is 15.4. The molecule has 1 saturated heterocycles. The largest absolute Gasteiger partial charge is 0.467 e. The summed E-state index contributed by atoms with van der Waals surface area (Å²) in [6.07, 6.45) is 1.62. The van der Waals surface area contributed by atoms with Gasteiger partial charge in [-0.15, -0.1) is 0 Å². The molecule has 1 aliphatic heterocycles. The average Bonchev–Trinajstić information content (AvgIpc) is 3.27. The number of rotatable bonds is 6. The van der Waals surface area contributed by atoms with Gasteiger partial charge in [-0.25, -0.2) is 0 Å². The zero-order valence-corrected chi connectivity index (χ0v) is 15.4. The molecule has 142 valence electrons. The minimum atomic E-state index is -0.568. The molecule has 0 radical (unpaired) electrons. The van der Waals surface area contributed by atoms with Gasteiger partial charge in [-0.1, -0.05) is 6.07 Å². The number of carbonyl (C=O) groups is 3. The molecule has 1 aliphatic rings. The van der Waals surface area contributed by atoms with E-state index in [2.05, 4.69) is 5.32 Å². The number of benzene rings is 1. The first kappa shape index (κ1) is 18.7. The smallest absolute Gasteiger partial charge is 0.311 e. The van der Waals surface area contributed by atoms with Crippen molar-refractivity contribution in [3.05, 3.63) is 53.5 Å². The Morgan fingerprint density at radius 2 is 2.07 bits per heavy atom. The predicted octanol–water partition coefficient (Wildman–Crippen LogP) is 2.43. The normalized spacial score (nSPS) is 16.4. The Labute approximate surface area is 157 Å². The van der Waals surface area contributed by atoms with E-state index in [9.17, 15) is 14.4 Å². The van der Waals surface area contributed by atoms with Crippen LogP contribution in [0.5, 0.6) is 0 Å². The van der Waals surface area contributed by atoms with E-state index in [1.165, 1.54) is 6.26 Å². The highest BCUT2D eigenvalue weighted by atomic mass is 16.5. The first-order valence-electron chi connectivity index (χ1n) is 8.76. The Morgan fingerprint density at radius 1 is 1.26 bits per heavy atom. The van der Waals surface area contributed by atoms with Crippen molar-refractivity contribution in [2.24, 2.45) is 5.92 Å². The van der Waals surface area contributed by atoms with Crippen molar-refractivity contribution in [3.8, 4) is 0 Å². The van der Waals surface area contributed by atoms with Crippen LogP contribution in [0.1, 0.15) is 23.3 Å². The van der Waals surface area contributed by atoms with Crippen LogP contribution in [0.2, 0.25) is 0 Å². The molecule has 0 bridgehead atoms. The average molecular weight is 370 g/mol. The summed E-state index contributed by atoms with van der Waals surface area (Å²) in [6.45, 7) is 4.14. The molecule has 1 fully saturated rings. The van der Waals surface area contributed by atoms with Crippen LogP contribution in [-0.4, -0.2) is 35.8 Å². The molecule has 2 aromatic rings. The van der Waals surface area contributed by atoms with Crippen molar-refractivity contribution in [3.63, 3.8) is 0 Å². The van der Waals surface area contributed by atoms with Gasteiger partial charge in [0.25, 0.3) is 5.91 Å². The van der Waals surface area contributed by atoms with Gasteiger partial charge in [-0.3, -0.25) is 14.4 Å². The molecule has 7 heteroatoms. The van der Waals surface area contributed by atoms with Gasteiger partial charge in [0, 0.05) is 18.7 Å². The third-order valence-corrected chi connectivity index (χ3v) is 4.61. The number of likely N-dealkylation sites (tertiary alicyclic amines) is 1. The number of nitrogens with one attached hydrogen (secondary N) is 1. The van der Waals surface area contributed by atoms with Crippen molar-refractivity contribution < 1.29 is 23.5 Å². The molecule has 1 N–H and O–H groups in total. The Bertz CT molecular complexity index is 844. The van der Waals surface area contributed by atoms with E-state index in [1.54, 1.807) is 23.1 Å². The lowest BCUT2D eigenvalue weighted by molar-refractivity contribution is -0.151. The summed E-state index contributed by atoms with van der Waals surface area (Å²) in [4.78, 5) is 37.8. The number of amides is 2. The summed E-state index contributed by atoms with van der Waals surface area (Å²) >= 11 is 0. The number of hydrogen-bond donors (Lipinski definition) is 1. The van der Waals surface area contributed by atoms with Crippen molar-refractivity contribution in [1.29, 1.82) is 0 Å². The lowest BCUT2D eigenvalue weighted by Gasteiger charge is -2.14. The third kappa shape index (κ3) is 4.75. The highest BCUT2D eigenvalue weighted by Crippen LogP contribution is 2.21. The maximum absolute atomic E-state index is 12.2. The summed E-state index contributed by atoms with van der Waals surface area (Å²) in [7, 11) is 0. The number of furan rings is 1. The van der Waals surface area contributed by atoms with Gasteiger partial charge >= 0.3 is 5.97 Å². The number of ether oxygens (including phenoxy) is 1. The summed E-state index contributed by atoms with van der Waals surface area (Å²) < 4.78 is 10.3. The van der Waals surface area contributed by atoms with Gasteiger partial charge in [-0.05, 0) is 49.2 Å². The van der Waals surface area contributed by atoms with Gasteiger partial charge in [0.15, 0.2) is 6.61 Å². The number of carbonyl (C=O) groups excluding carboxylic acids is 3. The quantitative estimate of drug-likeness (QED) is 0.789. The van der Waals surface area contributed by atoms with Crippen molar-refractivity contribution in [2.75, 3.05) is 18.5 Å². The van der Waals surface area contributed by atoms with Crippen molar-refractivity contribution >= 4 is 23.5 Å². The van der Waals surface area contributed by atoms with Crippen molar-refractivity contribution in [2.45, 2.75) is 26.8 Å². The second-order valence-corrected chi connectivity index (χ2v) is 6.71. The molecule has 7 nitrogen and oxygen atoms in total. The minimum absolute atomic E-state index is 0.0817. The Hall–Kier alpha value is -3.09. The van der Waals surface area contributed by atoms with Crippen LogP contribution < -0.4 is 5.32 Å². The van der Waals surface area contributed by atoms with Crippen LogP contribution in [0.4, 0.5) is 5.69 Å². The lowest BCUT2D eigenvalue weighted by Crippen LogP contribution is -2.28. The lowest BCUT2D eigenvalue weighted by atomic mass is 10.1. The zero-order chi connectivity index (χ0) is 19.4. The topological polar surface area (TPSA) is 88.8 Å². The van der Waals surface area contributed by atoms with E-state index in [0.29, 0.717) is 18.0 Å². The molecule has 3 rings (SSSR count). The monoisotopic (exact) mass is 370 g/mol. The molecule has 1 aromatic heterocycles. The second-order valence-electron chi connectivity index (χ2n) is 6.71. The summed E-state index contributed by atoms with van der Waals surface area (Å²) in [5.41, 5.74) is 2.84. The number of esters is 1. The number of nitrogens with zero attached hydrogens (tertiary/aromatic N) is 1. The van der Waals surface area contributed by atoms with E-state index in [1.807, 2.05) is 26.0 Å². The highest BCUT2D eigenvalue weighted by Gasteiger charge is 2.35. The maximum Gasteiger partial charge on any atom is 0.311 e. The molecule has 27 heavy (non-hydrogen) atoms. The fourth-order valence-electron chi connectivity index (χ4n) is 2.94. The fraction of sp³-hybridized carbons (Fsp3) is 0.350. The molecule has 2 amide bonds. The van der Waals surface area contributed by atoms with Gasteiger partial charge in [-0.2, -0.15) is 0 Å². The van der Waals surface area contributed by atoms with E-state index in [0.717, 1.165) is 11.1 Å². The highest BCUT2D eigenvalue weighted by molar-refractivity contribution is 5.93. The Balaban J connectivity index is 1.46. The predicted molar refractivity (Wildman–Crippen MR) is 97.7 cm³/mol. The van der Waals surface area contributed by atoms with E-state index >= 15 is 0 Å². The summed E-state index contributed by atoms with van der Waals surface area (Å²) in [5.74, 6) is -0.996. The number of hydrogen-bond acceptors (Lipinski definition) is 5. The fourth-order valence-corrected chi connectivity index (χ4v) is 2.94. The van der Waals surface area contributed by atoms with Crippen molar-refractivity contribution in [1.82, 2.24) is 4.90 Å². The molecule has 0 saturated carbocycles. The molecule has 0 spiro atoms. The molecule has 0 unspecified atom stereocenters. The molecule has 1 aromatic carbocycles. The summed E-state index contributed by atoms with van der Waals surface area (Å²) in [6, 6.07) is 9.09. The minimum Gasteiger partial charge on any atom is -0.467 e. The van der Waals surface area contributed by atoms with Gasteiger partial charge in [0.05, 0.1) is 18.7 Å². The van der Waals surface area contributed by atoms with Crippen LogP contribution in [0.25, 0.3) is 0 Å². The summed E-state index contributed by atoms with van der Waals surface area (Å²) in [5, 5.41) is 2.70. The standard InChI is InChI=1S/C20H22N2O5/c1-13-5-6-16(8-14(13)2)21-18(23)12-27-20(25)15-9-19(24)22(10-15)11-17-4-3-7-26-17/h3-8,15H,9-12H2,1-2H3,(H,21,23)/t15-/m1/s1. The van der Waals surface area contributed by atoms with E-state index < -0.39 is 17.8 Å². The second kappa shape index (κ2) is 8.07. The van der Waals surface area contributed by atoms with Gasteiger partial charge < -0.3 is 19.4 Å². The van der Waals surface area contributed by atoms with Crippen LogP contribution >= 0.6 is 0 Å². The molecule has 2 heterocycles. The molecule has 1 atom stereocenters.